The Kier molecular flexibility index (Phi) is 40.7. The molecule has 0 aliphatic heterocycles. The summed E-state index contributed by atoms with van der Waals surface area (Å²) in [6.45, 7) is 4.83. The molecule has 0 rings (SSSR count). The molecule has 0 aromatic rings. The van der Waals surface area contributed by atoms with Gasteiger partial charge in [-0.2, -0.15) is 0 Å². The van der Waals surface area contributed by atoms with Gasteiger partial charge in [0.1, 0.15) is 0 Å². The summed E-state index contributed by atoms with van der Waals surface area (Å²) in [5.41, 5.74) is 0. The number of hydrogen-bond donors (Lipinski definition) is 3. The van der Waals surface area contributed by atoms with E-state index in [-0.39, 0.29) is 18.5 Å². The van der Waals surface area contributed by atoms with Crippen molar-refractivity contribution in [1.29, 1.82) is 0 Å². The van der Waals surface area contributed by atoms with Gasteiger partial charge in [0.25, 0.3) is 0 Å². The van der Waals surface area contributed by atoms with Crippen LogP contribution in [0.5, 0.6) is 0 Å². The van der Waals surface area contributed by atoms with Crippen LogP contribution in [-0.2, 0) is 14.3 Å². The minimum absolute atomic E-state index is 0.0342. The van der Waals surface area contributed by atoms with E-state index in [9.17, 15) is 19.8 Å². The summed E-state index contributed by atoms with van der Waals surface area (Å²) in [6, 6.07) is -0.557. The Morgan fingerprint density at radius 1 is 0.538 bits per heavy atom. The Bertz CT molecular complexity index is 813. The first kappa shape index (κ1) is 50.3. The lowest BCUT2D eigenvalue weighted by molar-refractivity contribution is -0.143. The average Bonchev–Trinajstić information content (AvgIpc) is 3.14. The smallest absolute Gasteiger partial charge is 0.305 e. The highest BCUT2D eigenvalue weighted by atomic mass is 16.5. The van der Waals surface area contributed by atoms with Gasteiger partial charge >= 0.3 is 5.97 Å². The molecule has 0 spiro atoms. The van der Waals surface area contributed by atoms with Crippen molar-refractivity contribution in [2.75, 3.05) is 13.2 Å². The van der Waals surface area contributed by atoms with Crippen molar-refractivity contribution in [3.8, 4) is 0 Å². The number of nitrogens with one attached hydrogen (secondary N) is 1. The molecule has 0 aliphatic rings. The summed E-state index contributed by atoms with van der Waals surface area (Å²) in [5.74, 6) is -0.0953. The number of esters is 1. The summed E-state index contributed by atoms with van der Waals surface area (Å²) in [5, 5.41) is 23.1. The SMILES string of the molecule is CCCC/C=C\C/C=C\CCCCCCCC(=O)OCCCCCCCCCCCCC(=O)NC(CO)C(O)CCCCCCCCCCCCC. The summed E-state index contributed by atoms with van der Waals surface area (Å²) >= 11 is 0. The molecule has 0 aliphatic carbocycles. The third-order valence-corrected chi connectivity index (χ3v) is 10.3. The fourth-order valence-corrected chi connectivity index (χ4v) is 6.71. The number of rotatable bonds is 41. The summed E-state index contributed by atoms with van der Waals surface area (Å²) < 4.78 is 5.43. The van der Waals surface area contributed by atoms with Crippen LogP contribution in [0.3, 0.4) is 0 Å². The molecule has 0 fully saturated rings. The van der Waals surface area contributed by atoms with Crippen molar-refractivity contribution < 1.29 is 24.5 Å². The van der Waals surface area contributed by atoms with Crippen molar-refractivity contribution in [3.05, 3.63) is 24.3 Å². The molecular formula is C46H87NO5. The highest BCUT2D eigenvalue weighted by Gasteiger charge is 2.20. The highest BCUT2D eigenvalue weighted by Crippen LogP contribution is 2.15. The molecule has 0 heterocycles. The zero-order valence-electron chi connectivity index (χ0n) is 34.5. The van der Waals surface area contributed by atoms with Crippen LogP contribution < -0.4 is 5.32 Å². The van der Waals surface area contributed by atoms with Gasteiger partial charge in [0.05, 0.1) is 25.4 Å². The fourth-order valence-electron chi connectivity index (χ4n) is 6.71. The van der Waals surface area contributed by atoms with Gasteiger partial charge < -0.3 is 20.3 Å². The second-order valence-electron chi connectivity index (χ2n) is 15.4. The molecule has 306 valence electrons. The van der Waals surface area contributed by atoms with E-state index in [1.807, 2.05) is 0 Å². The van der Waals surface area contributed by atoms with Gasteiger partial charge in [-0.25, -0.2) is 0 Å². The van der Waals surface area contributed by atoms with Crippen molar-refractivity contribution in [3.63, 3.8) is 0 Å². The van der Waals surface area contributed by atoms with Gasteiger partial charge in [0.2, 0.25) is 5.91 Å². The third-order valence-electron chi connectivity index (χ3n) is 10.3. The fraction of sp³-hybridized carbons (Fsp3) is 0.870. The maximum atomic E-state index is 12.4. The molecule has 0 saturated carbocycles. The highest BCUT2D eigenvalue weighted by molar-refractivity contribution is 5.76. The molecule has 6 nitrogen and oxygen atoms in total. The number of allylic oxidation sites excluding steroid dienone is 4. The Morgan fingerprint density at radius 3 is 1.52 bits per heavy atom. The molecule has 52 heavy (non-hydrogen) atoms. The number of carbonyl (C=O) groups excluding carboxylic acids is 2. The molecule has 2 unspecified atom stereocenters. The lowest BCUT2D eigenvalue weighted by atomic mass is 10.0. The van der Waals surface area contributed by atoms with Gasteiger partial charge in [-0.1, -0.05) is 192 Å². The van der Waals surface area contributed by atoms with Gasteiger partial charge in [-0.15, -0.1) is 0 Å². The quantitative estimate of drug-likeness (QED) is 0.0330. The molecule has 0 bridgehead atoms. The van der Waals surface area contributed by atoms with Crippen molar-refractivity contribution in [1.82, 2.24) is 5.32 Å². The monoisotopic (exact) mass is 734 g/mol. The molecule has 1 amide bonds. The Labute approximate surface area is 322 Å². The Balaban J connectivity index is 3.50. The molecule has 6 heteroatoms. The van der Waals surface area contributed by atoms with Gasteiger partial charge in [0, 0.05) is 12.8 Å². The maximum absolute atomic E-state index is 12.4. The second-order valence-corrected chi connectivity index (χ2v) is 15.4. The number of ether oxygens (including phenoxy) is 1. The van der Waals surface area contributed by atoms with Crippen LogP contribution in [0.4, 0.5) is 0 Å². The zero-order chi connectivity index (χ0) is 38.0. The van der Waals surface area contributed by atoms with Gasteiger partial charge in [-0.05, 0) is 51.4 Å². The summed E-state index contributed by atoms with van der Waals surface area (Å²) in [7, 11) is 0. The number of amides is 1. The van der Waals surface area contributed by atoms with E-state index in [2.05, 4.69) is 43.5 Å². The number of unbranched alkanes of at least 4 members (excludes halogenated alkanes) is 26. The first-order chi connectivity index (χ1) is 25.5. The lowest BCUT2D eigenvalue weighted by Gasteiger charge is -2.22. The van der Waals surface area contributed by atoms with Gasteiger partial charge in [0.15, 0.2) is 0 Å². The van der Waals surface area contributed by atoms with Crippen LogP contribution in [0.1, 0.15) is 232 Å². The van der Waals surface area contributed by atoms with E-state index < -0.39 is 12.1 Å². The number of aliphatic hydroxyl groups is 2. The minimum atomic E-state index is -0.677. The van der Waals surface area contributed by atoms with Crippen LogP contribution in [-0.4, -0.2) is 47.4 Å². The number of hydrogen-bond acceptors (Lipinski definition) is 5. The van der Waals surface area contributed by atoms with E-state index in [0.29, 0.717) is 25.9 Å². The van der Waals surface area contributed by atoms with Crippen molar-refractivity contribution in [2.45, 2.75) is 244 Å². The van der Waals surface area contributed by atoms with E-state index in [4.69, 9.17) is 4.74 Å². The van der Waals surface area contributed by atoms with Crippen LogP contribution in [0, 0.1) is 0 Å². The first-order valence-electron chi connectivity index (χ1n) is 22.6. The molecule has 0 aromatic carbocycles. The normalized spacial score (nSPS) is 12.9. The van der Waals surface area contributed by atoms with E-state index in [1.165, 1.54) is 128 Å². The zero-order valence-corrected chi connectivity index (χ0v) is 34.5. The topological polar surface area (TPSA) is 95.9 Å². The lowest BCUT2D eigenvalue weighted by Crippen LogP contribution is -2.45. The standard InChI is InChI=1S/C46H87NO5/c1-3-5-7-9-11-13-15-16-17-19-24-28-32-36-40-46(51)52-41-37-33-29-25-21-20-23-27-31-35-39-45(50)47-43(42-48)44(49)38-34-30-26-22-18-14-12-10-8-6-4-2/h9,11,15-16,43-44,48-49H,3-8,10,12-14,17-42H2,1-2H3,(H,47,50)/b11-9-,16-15-. The molecule has 0 aromatic heterocycles. The summed E-state index contributed by atoms with van der Waals surface area (Å²) in [6.07, 6.45) is 47.0. The molecular weight excluding hydrogens is 647 g/mol. The second kappa shape index (κ2) is 42.1. The van der Waals surface area contributed by atoms with Crippen LogP contribution in [0.2, 0.25) is 0 Å². The third kappa shape index (κ3) is 38.1. The van der Waals surface area contributed by atoms with Crippen molar-refractivity contribution in [2.24, 2.45) is 0 Å². The minimum Gasteiger partial charge on any atom is -0.466 e. The van der Waals surface area contributed by atoms with Crippen molar-refractivity contribution >= 4 is 11.9 Å². The maximum Gasteiger partial charge on any atom is 0.305 e. The molecule has 2 atom stereocenters. The molecule has 3 N–H and O–H groups in total. The Hall–Kier alpha value is -1.66. The van der Waals surface area contributed by atoms with E-state index >= 15 is 0 Å². The van der Waals surface area contributed by atoms with E-state index in [0.717, 1.165) is 70.6 Å². The number of carbonyl (C=O) groups is 2. The largest absolute Gasteiger partial charge is 0.466 e. The predicted molar refractivity (Wildman–Crippen MR) is 223 cm³/mol. The average molecular weight is 734 g/mol. The molecule has 0 radical (unpaired) electrons. The van der Waals surface area contributed by atoms with Crippen LogP contribution in [0.15, 0.2) is 24.3 Å². The Morgan fingerprint density at radius 2 is 0.981 bits per heavy atom. The summed E-state index contributed by atoms with van der Waals surface area (Å²) in [4.78, 5) is 24.4. The number of aliphatic hydroxyl groups excluding tert-OH is 2. The van der Waals surface area contributed by atoms with E-state index in [1.54, 1.807) is 0 Å². The van der Waals surface area contributed by atoms with Crippen LogP contribution >= 0.6 is 0 Å². The first-order valence-corrected chi connectivity index (χ1v) is 22.6. The van der Waals surface area contributed by atoms with Gasteiger partial charge in [-0.3, -0.25) is 9.59 Å². The predicted octanol–water partition coefficient (Wildman–Crippen LogP) is 12.8. The molecule has 0 saturated heterocycles. The van der Waals surface area contributed by atoms with Crippen LogP contribution in [0.25, 0.3) is 0 Å².